The molecule has 0 spiro atoms. The highest BCUT2D eigenvalue weighted by atomic mass is 79.9. The van der Waals surface area contributed by atoms with Crippen LogP contribution in [0, 0.1) is 10.1 Å². The standard InChI is InChI=1S/C29H22BrN5O5S/c30-22-6-2-3-19-20(22)4-1-5-21(19)28-32-23-16-18(8-10-26(23)40-28)31-29(41)33-27(36)17-7-9-24(25(15-17)35(37)38)34-11-13-39-14-12-34/h1-10,15-16H,11-14H2,(H2,31,33,36,41). The lowest BCUT2D eigenvalue weighted by molar-refractivity contribution is -0.384. The van der Waals surface area contributed by atoms with Crippen LogP contribution >= 0.6 is 28.1 Å². The Balaban J connectivity index is 1.18. The third-order valence-electron chi connectivity index (χ3n) is 6.76. The summed E-state index contributed by atoms with van der Waals surface area (Å²) >= 11 is 8.94. The van der Waals surface area contributed by atoms with Gasteiger partial charge in [0.25, 0.3) is 11.6 Å². The third-order valence-corrected chi connectivity index (χ3v) is 7.65. The quantitative estimate of drug-likeness (QED) is 0.131. The molecule has 1 aromatic heterocycles. The molecular formula is C29H22BrN5O5S. The van der Waals surface area contributed by atoms with Crippen LogP contribution in [-0.2, 0) is 4.74 Å². The van der Waals surface area contributed by atoms with Crippen LogP contribution in [0.2, 0.25) is 0 Å². The maximum atomic E-state index is 12.9. The number of hydrogen-bond donors (Lipinski definition) is 2. The van der Waals surface area contributed by atoms with Crippen molar-refractivity contribution in [2.24, 2.45) is 0 Å². The molecule has 0 unspecified atom stereocenters. The lowest BCUT2D eigenvalue weighted by Crippen LogP contribution is -2.37. The van der Waals surface area contributed by atoms with Crippen molar-refractivity contribution < 1.29 is 18.9 Å². The second-order valence-corrected chi connectivity index (χ2v) is 10.6. The van der Waals surface area contributed by atoms with Crippen LogP contribution in [-0.4, -0.2) is 47.2 Å². The summed E-state index contributed by atoms with van der Waals surface area (Å²) in [5, 5.41) is 19.4. The summed E-state index contributed by atoms with van der Waals surface area (Å²) in [6.07, 6.45) is 0. The van der Waals surface area contributed by atoms with Crippen molar-refractivity contribution in [2.75, 3.05) is 36.5 Å². The maximum absolute atomic E-state index is 12.9. The molecule has 10 nitrogen and oxygen atoms in total. The van der Waals surface area contributed by atoms with Crippen LogP contribution in [0.25, 0.3) is 33.3 Å². The number of halogens is 1. The monoisotopic (exact) mass is 631 g/mol. The van der Waals surface area contributed by atoms with Crippen LogP contribution in [0.1, 0.15) is 10.4 Å². The number of carbonyl (C=O) groups is 1. The summed E-state index contributed by atoms with van der Waals surface area (Å²) in [5.41, 5.74) is 3.09. The number of benzene rings is 4. The number of amides is 1. The molecule has 0 saturated carbocycles. The van der Waals surface area contributed by atoms with E-state index in [2.05, 4.69) is 31.5 Å². The molecule has 5 aromatic rings. The van der Waals surface area contributed by atoms with E-state index in [-0.39, 0.29) is 16.4 Å². The number of ether oxygens (including phenoxy) is 1. The largest absolute Gasteiger partial charge is 0.436 e. The van der Waals surface area contributed by atoms with E-state index < -0.39 is 10.8 Å². The van der Waals surface area contributed by atoms with E-state index >= 15 is 0 Å². The van der Waals surface area contributed by atoms with Crippen LogP contribution in [0.5, 0.6) is 0 Å². The molecule has 2 N–H and O–H groups in total. The molecule has 1 saturated heterocycles. The highest BCUT2D eigenvalue weighted by Crippen LogP contribution is 2.34. The van der Waals surface area contributed by atoms with Gasteiger partial charge in [-0.15, -0.1) is 0 Å². The minimum atomic E-state index is -0.564. The number of rotatable bonds is 5. The Hall–Kier alpha value is -4.39. The molecule has 1 amide bonds. The van der Waals surface area contributed by atoms with Gasteiger partial charge in [0.05, 0.1) is 18.1 Å². The molecule has 0 aliphatic carbocycles. The SMILES string of the molecule is O=C(NC(=S)Nc1ccc2oc(-c3cccc4c(Br)cccc34)nc2c1)c1ccc(N2CCOCC2)c([N+](=O)[O-])c1. The van der Waals surface area contributed by atoms with Crippen LogP contribution < -0.4 is 15.5 Å². The molecule has 1 aliphatic rings. The average molecular weight is 632 g/mol. The lowest BCUT2D eigenvalue weighted by Gasteiger charge is -2.28. The summed E-state index contributed by atoms with van der Waals surface area (Å²) in [4.78, 5) is 30.7. The first-order valence-corrected chi connectivity index (χ1v) is 13.9. The van der Waals surface area contributed by atoms with E-state index in [9.17, 15) is 14.9 Å². The number of fused-ring (bicyclic) bond motifs is 2. The van der Waals surface area contributed by atoms with Crippen LogP contribution in [0.3, 0.4) is 0 Å². The van der Waals surface area contributed by atoms with E-state index in [1.54, 1.807) is 30.3 Å². The Bertz CT molecular complexity index is 1840. The second kappa shape index (κ2) is 11.2. The Labute approximate surface area is 247 Å². The Morgan fingerprint density at radius 1 is 1.02 bits per heavy atom. The first kappa shape index (κ1) is 26.8. The molecule has 2 heterocycles. The number of nitro groups is 1. The molecule has 4 aromatic carbocycles. The van der Waals surface area contributed by atoms with E-state index in [4.69, 9.17) is 21.4 Å². The van der Waals surface area contributed by atoms with Gasteiger partial charge in [0.15, 0.2) is 10.7 Å². The van der Waals surface area contributed by atoms with E-state index in [0.29, 0.717) is 54.7 Å². The predicted octanol–water partition coefficient (Wildman–Crippen LogP) is 6.28. The van der Waals surface area contributed by atoms with Gasteiger partial charge in [-0.25, -0.2) is 4.98 Å². The van der Waals surface area contributed by atoms with Crippen molar-refractivity contribution in [3.63, 3.8) is 0 Å². The van der Waals surface area contributed by atoms with Crippen molar-refractivity contribution in [2.45, 2.75) is 0 Å². The number of morpholine rings is 1. The number of nitro benzene ring substituents is 1. The van der Waals surface area contributed by atoms with E-state index in [1.165, 1.54) is 6.07 Å². The molecule has 0 radical (unpaired) electrons. The van der Waals surface area contributed by atoms with Crippen molar-refractivity contribution in [3.05, 3.63) is 92.9 Å². The normalized spacial score (nSPS) is 13.3. The number of carbonyl (C=O) groups excluding carboxylic acids is 1. The zero-order chi connectivity index (χ0) is 28.5. The maximum Gasteiger partial charge on any atom is 0.293 e. The highest BCUT2D eigenvalue weighted by molar-refractivity contribution is 9.10. The minimum Gasteiger partial charge on any atom is -0.436 e. The van der Waals surface area contributed by atoms with Gasteiger partial charge in [-0.1, -0.05) is 40.2 Å². The van der Waals surface area contributed by atoms with Gasteiger partial charge in [-0.2, -0.15) is 0 Å². The number of oxazole rings is 1. The molecule has 6 rings (SSSR count). The molecular weight excluding hydrogens is 610 g/mol. The molecule has 41 heavy (non-hydrogen) atoms. The van der Waals surface area contributed by atoms with Gasteiger partial charge in [-0.3, -0.25) is 20.2 Å². The van der Waals surface area contributed by atoms with Crippen LogP contribution in [0.15, 0.2) is 81.7 Å². The molecule has 206 valence electrons. The molecule has 1 fully saturated rings. The van der Waals surface area contributed by atoms with Crippen molar-refractivity contribution in [1.82, 2.24) is 10.3 Å². The van der Waals surface area contributed by atoms with Crippen molar-refractivity contribution >= 4 is 78.1 Å². The topological polar surface area (TPSA) is 123 Å². The molecule has 1 aliphatic heterocycles. The Kier molecular flexibility index (Phi) is 7.35. The number of aromatic nitrogens is 1. The number of nitrogens with one attached hydrogen (secondary N) is 2. The summed E-state index contributed by atoms with van der Waals surface area (Å²) in [6, 6.07) is 21.6. The smallest absolute Gasteiger partial charge is 0.293 e. The summed E-state index contributed by atoms with van der Waals surface area (Å²) < 4.78 is 12.4. The predicted molar refractivity (Wildman–Crippen MR) is 164 cm³/mol. The summed E-state index contributed by atoms with van der Waals surface area (Å²) in [7, 11) is 0. The fourth-order valence-electron chi connectivity index (χ4n) is 4.80. The number of thiocarbonyl (C=S) groups is 1. The molecule has 12 heteroatoms. The fraction of sp³-hybridized carbons (Fsp3) is 0.138. The number of nitrogens with zero attached hydrogens (tertiary/aromatic N) is 3. The van der Waals surface area contributed by atoms with Gasteiger partial charge in [0.2, 0.25) is 5.89 Å². The summed E-state index contributed by atoms with van der Waals surface area (Å²) in [6.45, 7) is 2.05. The fourth-order valence-corrected chi connectivity index (χ4v) is 5.51. The first-order valence-electron chi connectivity index (χ1n) is 12.7. The molecule has 0 bridgehead atoms. The average Bonchev–Trinajstić information content (AvgIpc) is 3.40. The minimum absolute atomic E-state index is 0.0388. The second-order valence-electron chi connectivity index (χ2n) is 9.31. The van der Waals surface area contributed by atoms with Gasteiger partial charge in [0, 0.05) is 40.4 Å². The van der Waals surface area contributed by atoms with Gasteiger partial charge >= 0.3 is 0 Å². The zero-order valence-corrected chi connectivity index (χ0v) is 23.8. The number of hydrogen-bond acceptors (Lipinski definition) is 8. The van der Waals surface area contributed by atoms with Gasteiger partial charge in [0.1, 0.15) is 11.2 Å². The lowest BCUT2D eigenvalue weighted by atomic mass is 10.0. The van der Waals surface area contributed by atoms with Gasteiger partial charge in [-0.05, 0) is 65.5 Å². The van der Waals surface area contributed by atoms with Crippen molar-refractivity contribution in [3.8, 4) is 11.5 Å². The van der Waals surface area contributed by atoms with Crippen LogP contribution in [0.4, 0.5) is 17.1 Å². The Morgan fingerprint density at radius 2 is 1.80 bits per heavy atom. The third kappa shape index (κ3) is 5.49. The number of anilines is 2. The highest BCUT2D eigenvalue weighted by Gasteiger charge is 2.23. The van der Waals surface area contributed by atoms with E-state index in [0.717, 1.165) is 20.8 Å². The van der Waals surface area contributed by atoms with Crippen molar-refractivity contribution in [1.29, 1.82) is 0 Å². The first-order chi connectivity index (χ1) is 19.9. The van der Waals surface area contributed by atoms with E-state index in [1.807, 2.05) is 41.3 Å². The molecule has 0 atom stereocenters. The zero-order valence-electron chi connectivity index (χ0n) is 21.4. The summed E-state index contributed by atoms with van der Waals surface area (Å²) in [5.74, 6) is -0.0788. The Morgan fingerprint density at radius 3 is 2.61 bits per heavy atom. The van der Waals surface area contributed by atoms with Gasteiger partial charge < -0.3 is 19.4 Å².